The standard InChI is InChI=1S/C18H21N3O2/c1-18(2)13-20-16(22)12-21(18)11-14-6-5-7-15(10-14)23-17-8-3-4-9-19-17/h3-10H,11-13H2,1-2H3,(H,20,22). The second kappa shape index (κ2) is 6.38. The molecule has 0 aliphatic carbocycles. The van der Waals surface area contributed by atoms with Crippen LogP contribution in [0.2, 0.25) is 0 Å². The minimum Gasteiger partial charge on any atom is -0.439 e. The van der Waals surface area contributed by atoms with Crippen LogP contribution in [0.3, 0.4) is 0 Å². The first-order valence-corrected chi connectivity index (χ1v) is 7.72. The molecule has 2 aromatic rings. The first kappa shape index (κ1) is 15.5. The van der Waals surface area contributed by atoms with Gasteiger partial charge in [0.15, 0.2) is 0 Å². The lowest BCUT2D eigenvalue weighted by molar-refractivity contribution is -0.128. The zero-order chi connectivity index (χ0) is 16.3. The second-order valence-corrected chi connectivity index (χ2v) is 6.36. The van der Waals surface area contributed by atoms with Crippen molar-refractivity contribution in [1.29, 1.82) is 0 Å². The highest BCUT2D eigenvalue weighted by Crippen LogP contribution is 2.24. The number of benzene rings is 1. The number of piperazine rings is 1. The lowest BCUT2D eigenvalue weighted by atomic mass is 9.99. The molecule has 1 saturated heterocycles. The van der Waals surface area contributed by atoms with Crippen LogP contribution in [0.1, 0.15) is 19.4 Å². The number of nitrogens with one attached hydrogen (secondary N) is 1. The zero-order valence-corrected chi connectivity index (χ0v) is 13.5. The number of carbonyl (C=O) groups excluding carboxylic acids is 1. The number of aromatic nitrogens is 1. The quantitative estimate of drug-likeness (QED) is 0.943. The van der Waals surface area contributed by atoms with Gasteiger partial charge in [-0.15, -0.1) is 0 Å². The van der Waals surface area contributed by atoms with Crippen LogP contribution >= 0.6 is 0 Å². The van der Waals surface area contributed by atoms with Gasteiger partial charge in [-0.1, -0.05) is 18.2 Å². The Balaban J connectivity index is 1.73. The highest BCUT2D eigenvalue weighted by atomic mass is 16.5. The molecule has 1 fully saturated rings. The summed E-state index contributed by atoms with van der Waals surface area (Å²) in [6.07, 6.45) is 1.70. The van der Waals surface area contributed by atoms with Gasteiger partial charge < -0.3 is 10.1 Å². The minimum atomic E-state index is -0.0637. The fourth-order valence-electron chi connectivity index (χ4n) is 2.60. The number of hydrogen-bond donors (Lipinski definition) is 1. The van der Waals surface area contributed by atoms with Crippen LogP contribution in [0.4, 0.5) is 0 Å². The van der Waals surface area contributed by atoms with Crippen LogP contribution in [-0.2, 0) is 11.3 Å². The molecule has 0 radical (unpaired) electrons. The third kappa shape index (κ3) is 3.87. The van der Waals surface area contributed by atoms with Gasteiger partial charge in [0.05, 0.1) is 6.54 Å². The van der Waals surface area contributed by atoms with Crippen molar-refractivity contribution in [3.05, 3.63) is 54.2 Å². The normalized spacial score (nSPS) is 17.6. The smallest absolute Gasteiger partial charge is 0.234 e. The summed E-state index contributed by atoms with van der Waals surface area (Å²) in [5, 5.41) is 2.92. The summed E-state index contributed by atoms with van der Waals surface area (Å²) < 4.78 is 5.77. The Morgan fingerprint density at radius 1 is 1.26 bits per heavy atom. The molecular formula is C18H21N3O2. The van der Waals surface area contributed by atoms with E-state index < -0.39 is 0 Å². The van der Waals surface area contributed by atoms with Crippen LogP contribution in [0.15, 0.2) is 48.7 Å². The molecule has 1 N–H and O–H groups in total. The Kier molecular flexibility index (Phi) is 4.30. The molecule has 0 saturated carbocycles. The van der Waals surface area contributed by atoms with Crippen LogP contribution in [0.5, 0.6) is 11.6 Å². The summed E-state index contributed by atoms with van der Waals surface area (Å²) in [6.45, 7) is 6.06. The highest BCUT2D eigenvalue weighted by Gasteiger charge is 2.32. The fraction of sp³-hybridized carbons (Fsp3) is 0.333. The van der Waals surface area contributed by atoms with E-state index in [0.717, 1.165) is 11.3 Å². The molecule has 1 aliphatic rings. The highest BCUT2D eigenvalue weighted by molar-refractivity contribution is 5.79. The molecular weight excluding hydrogens is 290 g/mol. The van der Waals surface area contributed by atoms with Crippen LogP contribution in [0, 0.1) is 0 Å². The first-order chi connectivity index (χ1) is 11.0. The van der Waals surface area contributed by atoms with Crippen molar-refractivity contribution < 1.29 is 9.53 Å². The van der Waals surface area contributed by atoms with Crippen LogP contribution in [-0.4, -0.2) is 34.4 Å². The van der Waals surface area contributed by atoms with Gasteiger partial charge in [0, 0.05) is 30.9 Å². The molecule has 3 rings (SSSR count). The predicted octanol–water partition coefficient (Wildman–Crippen LogP) is 2.58. The summed E-state index contributed by atoms with van der Waals surface area (Å²) in [4.78, 5) is 18.0. The van der Waals surface area contributed by atoms with Gasteiger partial charge in [-0.2, -0.15) is 0 Å². The Bertz CT molecular complexity index is 686. The van der Waals surface area contributed by atoms with E-state index in [-0.39, 0.29) is 11.4 Å². The lowest BCUT2D eigenvalue weighted by Gasteiger charge is -2.42. The summed E-state index contributed by atoms with van der Waals surface area (Å²) in [5.41, 5.74) is 1.05. The second-order valence-electron chi connectivity index (χ2n) is 6.36. The molecule has 0 spiro atoms. The zero-order valence-electron chi connectivity index (χ0n) is 13.5. The Morgan fingerprint density at radius 2 is 2.13 bits per heavy atom. The van der Waals surface area contributed by atoms with Crippen molar-refractivity contribution in [3.63, 3.8) is 0 Å². The Hall–Kier alpha value is -2.40. The number of pyridine rings is 1. The van der Waals surface area contributed by atoms with Gasteiger partial charge >= 0.3 is 0 Å². The van der Waals surface area contributed by atoms with Crippen molar-refractivity contribution in [3.8, 4) is 11.6 Å². The van der Waals surface area contributed by atoms with E-state index >= 15 is 0 Å². The van der Waals surface area contributed by atoms with E-state index in [9.17, 15) is 4.79 Å². The number of carbonyl (C=O) groups is 1. The molecule has 1 amide bonds. The largest absolute Gasteiger partial charge is 0.439 e. The van der Waals surface area contributed by atoms with E-state index in [2.05, 4.69) is 29.0 Å². The lowest BCUT2D eigenvalue weighted by Crippen LogP contribution is -2.59. The van der Waals surface area contributed by atoms with Gasteiger partial charge in [-0.3, -0.25) is 9.69 Å². The van der Waals surface area contributed by atoms with E-state index in [1.54, 1.807) is 6.20 Å². The number of rotatable bonds is 4. The van der Waals surface area contributed by atoms with E-state index in [1.807, 2.05) is 42.5 Å². The van der Waals surface area contributed by atoms with Gasteiger partial charge in [-0.25, -0.2) is 4.98 Å². The summed E-state index contributed by atoms with van der Waals surface area (Å²) in [7, 11) is 0. The predicted molar refractivity (Wildman–Crippen MR) is 88.3 cm³/mol. The third-order valence-corrected chi connectivity index (χ3v) is 4.04. The molecule has 0 bridgehead atoms. The third-order valence-electron chi connectivity index (χ3n) is 4.04. The average Bonchev–Trinajstić information content (AvgIpc) is 2.53. The van der Waals surface area contributed by atoms with Gasteiger partial charge in [0.1, 0.15) is 5.75 Å². The van der Waals surface area contributed by atoms with Crippen LogP contribution in [0.25, 0.3) is 0 Å². The number of nitrogens with zero attached hydrogens (tertiary/aromatic N) is 2. The monoisotopic (exact) mass is 311 g/mol. The SMILES string of the molecule is CC1(C)CNC(=O)CN1Cc1cccc(Oc2ccccn2)c1. The number of ether oxygens (including phenoxy) is 1. The molecule has 23 heavy (non-hydrogen) atoms. The van der Waals surface area contributed by atoms with E-state index in [1.165, 1.54) is 0 Å². The molecule has 0 unspecified atom stereocenters. The number of amides is 1. The van der Waals surface area contributed by atoms with Crippen molar-refractivity contribution in [2.45, 2.75) is 25.9 Å². The van der Waals surface area contributed by atoms with Crippen molar-refractivity contribution in [1.82, 2.24) is 15.2 Å². The molecule has 2 heterocycles. The number of hydrogen-bond acceptors (Lipinski definition) is 4. The van der Waals surface area contributed by atoms with Crippen molar-refractivity contribution in [2.24, 2.45) is 0 Å². The summed E-state index contributed by atoms with van der Waals surface area (Å²) >= 11 is 0. The minimum absolute atomic E-state index is 0.0637. The molecule has 5 nitrogen and oxygen atoms in total. The molecule has 5 heteroatoms. The molecule has 1 aromatic heterocycles. The van der Waals surface area contributed by atoms with Crippen molar-refractivity contribution in [2.75, 3.05) is 13.1 Å². The van der Waals surface area contributed by atoms with Gasteiger partial charge in [-0.05, 0) is 37.6 Å². The average molecular weight is 311 g/mol. The first-order valence-electron chi connectivity index (χ1n) is 7.72. The summed E-state index contributed by atoms with van der Waals surface area (Å²) in [5.74, 6) is 1.40. The van der Waals surface area contributed by atoms with Crippen molar-refractivity contribution >= 4 is 5.91 Å². The Morgan fingerprint density at radius 3 is 2.91 bits per heavy atom. The van der Waals surface area contributed by atoms with E-state index in [4.69, 9.17) is 4.74 Å². The maximum Gasteiger partial charge on any atom is 0.234 e. The maximum absolute atomic E-state index is 11.7. The summed E-state index contributed by atoms with van der Waals surface area (Å²) in [6, 6.07) is 13.5. The van der Waals surface area contributed by atoms with Gasteiger partial charge in [0.2, 0.25) is 11.8 Å². The maximum atomic E-state index is 11.7. The van der Waals surface area contributed by atoms with Gasteiger partial charge in [0.25, 0.3) is 0 Å². The molecule has 1 aromatic carbocycles. The van der Waals surface area contributed by atoms with E-state index in [0.29, 0.717) is 25.5 Å². The molecule has 0 atom stereocenters. The fourth-order valence-corrected chi connectivity index (χ4v) is 2.60. The Labute approximate surface area is 136 Å². The molecule has 120 valence electrons. The van der Waals surface area contributed by atoms with Crippen LogP contribution < -0.4 is 10.1 Å². The topological polar surface area (TPSA) is 54.5 Å². The molecule has 1 aliphatic heterocycles.